The fourth-order valence-electron chi connectivity index (χ4n) is 2.80. The minimum Gasteiger partial charge on any atom is -0.493 e. The number of nitrogens with one attached hydrogen (secondary N) is 1. The maximum atomic E-state index is 13.0. The highest BCUT2D eigenvalue weighted by atomic mass is 35.5. The molecule has 0 saturated carbocycles. The fraction of sp³-hybridized carbons (Fsp3) is 0.364. The SMILES string of the molecule is CCOc1ccc(Cl)c(OCC)c1NC(=O)C(N=Nc1ccc(OC)c(OC)c1Cl)C(C)=O. The Kier molecular flexibility index (Phi) is 9.74. The average Bonchev–Trinajstić information content (AvgIpc) is 2.78. The van der Waals surface area contributed by atoms with Gasteiger partial charge in [0.1, 0.15) is 22.1 Å². The normalized spacial score (nSPS) is 11.7. The van der Waals surface area contributed by atoms with Gasteiger partial charge < -0.3 is 24.3 Å². The summed E-state index contributed by atoms with van der Waals surface area (Å²) in [5.74, 6) is -0.0735. The van der Waals surface area contributed by atoms with Crippen LogP contribution in [-0.2, 0) is 9.59 Å². The standard InChI is InChI=1S/C22H25Cl2N3O6/c1-6-32-15-10-8-13(23)20(33-7-2)19(15)25-22(29)18(12(3)28)27-26-14-9-11-16(30-4)21(31-5)17(14)24/h8-11,18H,6-7H2,1-5H3,(H,25,29). The first-order valence-electron chi connectivity index (χ1n) is 9.99. The molecule has 2 rings (SSSR count). The zero-order valence-corrected chi connectivity index (χ0v) is 20.4. The molecular formula is C22H25Cl2N3O6. The van der Waals surface area contributed by atoms with Crippen LogP contribution in [-0.4, -0.2) is 45.2 Å². The van der Waals surface area contributed by atoms with Crippen LogP contribution in [0.2, 0.25) is 10.0 Å². The molecule has 9 nitrogen and oxygen atoms in total. The van der Waals surface area contributed by atoms with Gasteiger partial charge in [0.2, 0.25) is 6.04 Å². The third kappa shape index (κ3) is 6.27. The van der Waals surface area contributed by atoms with Gasteiger partial charge in [0.05, 0.1) is 32.5 Å². The molecule has 0 aromatic heterocycles. The van der Waals surface area contributed by atoms with E-state index in [-0.39, 0.29) is 32.9 Å². The average molecular weight is 498 g/mol. The maximum absolute atomic E-state index is 13.0. The molecule has 0 saturated heterocycles. The van der Waals surface area contributed by atoms with Crippen molar-refractivity contribution in [1.29, 1.82) is 0 Å². The highest BCUT2D eigenvalue weighted by molar-refractivity contribution is 6.34. The van der Waals surface area contributed by atoms with E-state index in [1.165, 1.54) is 27.2 Å². The van der Waals surface area contributed by atoms with Crippen LogP contribution in [0.3, 0.4) is 0 Å². The van der Waals surface area contributed by atoms with Crippen molar-refractivity contribution in [2.75, 3.05) is 32.8 Å². The number of azo groups is 1. The number of hydrogen-bond donors (Lipinski definition) is 1. The molecule has 1 unspecified atom stereocenters. The minimum absolute atomic E-state index is 0.121. The minimum atomic E-state index is -1.46. The molecule has 1 N–H and O–H groups in total. The molecule has 0 fully saturated rings. The van der Waals surface area contributed by atoms with E-state index in [0.717, 1.165) is 0 Å². The Bertz CT molecular complexity index is 1050. The van der Waals surface area contributed by atoms with E-state index >= 15 is 0 Å². The Morgan fingerprint density at radius 2 is 1.64 bits per heavy atom. The Balaban J connectivity index is 2.40. The molecule has 2 aromatic carbocycles. The number of carbonyl (C=O) groups is 2. The third-order valence-electron chi connectivity index (χ3n) is 4.29. The Morgan fingerprint density at radius 3 is 2.21 bits per heavy atom. The van der Waals surface area contributed by atoms with E-state index in [9.17, 15) is 9.59 Å². The second kappa shape index (κ2) is 12.3. The monoisotopic (exact) mass is 497 g/mol. The number of hydrogen-bond acceptors (Lipinski definition) is 8. The molecule has 178 valence electrons. The van der Waals surface area contributed by atoms with Gasteiger partial charge in [0.25, 0.3) is 5.91 Å². The van der Waals surface area contributed by atoms with Crippen molar-refractivity contribution >= 4 is 46.3 Å². The van der Waals surface area contributed by atoms with Crippen molar-refractivity contribution in [2.24, 2.45) is 10.2 Å². The zero-order valence-electron chi connectivity index (χ0n) is 18.9. The molecule has 0 heterocycles. The highest BCUT2D eigenvalue weighted by Crippen LogP contribution is 2.42. The van der Waals surface area contributed by atoms with Crippen molar-refractivity contribution in [3.05, 3.63) is 34.3 Å². The van der Waals surface area contributed by atoms with Crippen molar-refractivity contribution in [3.8, 4) is 23.0 Å². The number of Topliss-reactive ketones (excluding diaryl/α,β-unsaturated/α-hetero) is 1. The van der Waals surface area contributed by atoms with E-state index in [0.29, 0.717) is 24.7 Å². The van der Waals surface area contributed by atoms with Gasteiger partial charge in [-0.3, -0.25) is 9.59 Å². The number of halogens is 2. The summed E-state index contributed by atoms with van der Waals surface area (Å²) in [6, 6.07) is 4.83. The topological polar surface area (TPSA) is 108 Å². The molecule has 0 bridgehead atoms. The number of rotatable bonds is 11. The van der Waals surface area contributed by atoms with Crippen LogP contribution in [0.1, 0.15) is 20.8 Å². The molecule has 11 heteroatoms. The third-order valence-corrected chi connectivity index (χ3v) is 4.95. The predicted octanol–water partition coefficient (Wildman–Crippen LogP) is 5.49. The largest absolute Gasteiger partial charge is 0.493 e. The highest BCUT2D eigenvalue weighted by Gasteiger charge is 2.27. The molecule has 0 aliphatic rings. The van der Waals surface area contributed by atoms with Gasteiger partial charge in [-0.25, -0.2) is 0 Å². The molecule has 0 spiro atoms. The number of anilines is 1. The van der Waals surface area contributed by atoms with E-state index in [4.69, 9.17) is 42.1 Å². The van der Waals surface area contributed by atoms with Crippen LogP contribution >= 0.6 is 23.2 Å². The molecule has 33 heavy (non-hydrogen) atoms. The van der Waals surface area contributed by atoms with Crippen LogP contribution in [0.25, 0.3) is 0 Å². The van der Waals surface area contributed by atoms with Crippen molar-refractivity contribution in [3.63, 3.8) is 0 Å². The predicted molar refractivity (Wildman–Crippen MR) is 126 cm³/mol. The first-order chi connectivity index (χ1) is 15.8. The van der Waals surface area contributed by atoms with Gasteiger partial charge in [0.15, 0.2) is 23.0 Å². The van der Waals surface area contributed by atoms with Crippen LogP contribution in [0.5, 0.6) is 23.0 Å². The molecule has 2 aromatic rings. The summed E-state index contributed by atoms with van der Waals surface area (Å²) in [7, 11) is 2.89. The van der Waals surface area contributed by atoms with Crippen molar-refractivity contribution < 1.29 is 28.5 Å². The Labute approximate surface area is 202 Å². The summed E-state index contributed by atoms with van der Waals surface area (Å²) in [4.78, 5) is 25.2. The van der Waals surface area contributed by atoms with Gasteiger partial charge in [-0.2, -0.15) is 10.2 Å². The quantitative estimate of drug-likeness (QED) is 0.324. The summed E-state index contributed by atoms with van der Waals surface area (Å²) < 4.78 is 21.6. The zero-order chi connectivity index (χ0) is 24.5. The summed E-state index contributed by atoms with van der Waals surface area (Å²) in [6.45, 7) is 5.43. The second-order valence-corrected chi connectivity index (χ2v) is 7.25. The summed E-state index contributed by atoms with van der Waals surface area (Å²) >= 11 is 12.5. The van der Waals surface area contributed by atoms with Gasteiger partial charge >= 0.3 is 0 Å². The van der Waals surface area contributed by atoms with Crippen LogP contribution in [0, 0.1) is 0 Å². The van der Waals surface area contributed by atoms with Crippen LogP contribution < -0.4 is 24.3 Å². The first kappa shape index (κ1) is 26.2. The number of nitrogens with zero attached hydrogens (tertiary/aromatic N) is 2. The number of benzene rings is 2. The number of ether oxygens (including phenoxy) is 4. The smallest absolute Gasteiger partial charge is 0.259 e. The van der Waals surface area contributed by atoms with E-state index < -0.39 is 17.7 Å². The van der Waals surface area contributed by atoms with Gasteiger partial charge in [-0.05, 0) is 45.0 Å². The Morgan fingerprint density at radius 1 is 0.970 bits per heavy atom. The molecular weight excluding hydrogens is 473 g/mol. The van der Waals surface area contributed by atoms with Gasteiger partial charge in [-0.15, -0.1) is 0 Å². The lowest BCUT2D eigenvalue weighted by Crippen LogP contribution is -2.32. The number of amides is 1. The van der Waals surface area contributed by atoms with E-state index in [2.05, 4.69) is 15.5 Å². The summed E-state index contributed by atoms with van der Waals surface area (Å²) in [5, 5.41) is 10.9. The van der Waals surface area contributed by atoms with Crippen molar-refractivity contribution in [1.82, 2.24) is 0 Å². The van der Waals surface area contributed by atoms with E-state index in [1.807, 2.05) is 0 Å². The molecule has 0 aliphatic heterocycles. The Hall–Kier alpha value is -3.04. The number of methoxy groups -OCH3 is 2. The maximum Gasteiger partial charge on any atom is 0.259 e. The van der Waals surface area contributed by atoms with Gasteiger partial charge in [-0.1, -0.05) is 23.2 Å². The molecule has 1 amide bonds. The lowest BCUT2D eigenvalue weighted by molar-refractivity contribution is -0.126. The van der Waals surface area contributed by atoms with Crippen LogP contribution in [0.15, 0.2) is 34.5 Å². The number of ketones is 1. The van der Waals surface area contributed by atoms with E-state index in [1.54, 1.807) is 32.0 Å². The first-order valence-corrected chi connectivity index (χ1v) is 10.7. The summed E-state index contributed by atoms with van der Waals surface area (Å²) in [6.07, 6.45) is 0. The summed E-state index contributed by atoms with van der Waals surface area (Å²) in [5.41, 5.74) is 0.392. The lowest BCUT2D eigenvalue weighted by atomic mass is 10.2. The second-order valence-electron chi connectivity index (χ2n) is 6.47. The molecule has 1 atom stereocenters. The fourth-order valence-corrected chi connectivity index (χ4v) is 3.29. The van der Waals surface area contributed by atoms with Crippen molar-refractivity contribution in [2.45, 2.75) is 26.8 Å². The number of carbonyl (C=O) groups excluding carboxylic acids is 2. The molecule has 0 aliphatic carbocycles. The van der Waals surface area contributed by atoms with Gasteiger partial charge in [0, 0.05) is 0 Å². The van der Waals surface area contributed by atoms with Crippen LogP contribution in [0.4, 0.5) is 11.4 Å². The lowest BCUT2D eigenvalue weighted by Gasteiger charge is -2.18. The molecule has 0 radical (unpaired) electrons.